The van der Waals surface area contributed by atoms with Gasteiger partial charge in [-0.1, -0.05) is 30.3 Å². The molecule has 0 radical (unpaired) electrons. The van der Waals surface area contributed by atoms with E-state index in [0.717, 1.165) is 12.1 Å². The molecule has 0 aromatic heterocycles. The van der Waals surface area contributed by atoms with E-state index in [1.165, 1.54) is 25.9 Å². The van der Waals surface area contributed by atoms with Crippen LogP contribution in [0.1, 0.15) is 18.4 Å². The van der Waals surface area contributed by atoms with Crippen LogP contribution < -0.4 is 5.32 Å². The summed E-state index contributed by atoms with van der Waals surface area (Å²) in [5, 5.41) is 3.02. The molecule has 1 N–H and O–H groups in total. The lowest BCUT2D eigenvalue weighted by Crippen LogP contribution is -2.57. The van der Waals surface area contributed by atoms with Gasteiger partial charge < -0.3 is 15.0 Å². The minimum atomic E-state index is -0.289. The predicted molar refractivity (Wildman–Crippen MR) is 72.7 cm³/mol. The summed E-state index contributed by atoms with van der Waals surface area (Å²) in [6.45, 7) is 3.68. The Morgan fingerprint density at radius 2 is 2.00 bits per heavy atom. The number of fused-ring (bicyclic) bond motifs is 3. The number of ether oxygens (including phenoxy) is 1. The molecule has 3 aliphatic heterocycles. The topological polar surface area (TPSA) is 41.6 Å². The van der Waals surface area contributed by atoms with Crippen LogP contribution in [0, 0.1) is 5.92 Å². The van der Waals surface area contributed by atoms with E-state index in [2.05, 4.69) is 10.2 Å². The first-order valence-electron chi connectivity index (χ1n) is 7.01. The molecule has 0 unspecified atom stereocenters. The highest BCUT2D eigenvalue weighted by atomic mass is 16.5. The fraction of sp³-hybridized carbons (Fsp3) is 0.533. The Kier molecular flexibility index (Phi) is 3.69. The average molecular weight is 260 g/mol. The third-order valence-electron chi connectivity index (χ3n) is 4.17. The van der Waals surface area contributed by atoms with Crippen molar-refractivity contribution in [1.82, 2.24) is 10.2 Å². The highest BCUT2D eigenvalue weighted by Crippen LogP contribution is 2.27. The van der Waals surface area contributed by atoms with E-state index in [0.29, 0.717) is 12.5 Å². The van der Waals surface area contributed by atoms with E-state index in [4.69, 9.17) is 4.74 Å². The zero-order chi connectivity index (χ0) is 13.1. The van der Waals surface area contributed by atoms with E-state index in [1.54, 1.807) is 0 Å². The molecule has 102 valence electrons. The summed E-state index contributed by atoms with van der Waals surface area (Å²) >= 11 is 0. The zero-order valence-corrected chi connectivity index (χ0v) is 11.0. The molecule has 2 bridgehead atoms. The molecule has 19 heavy (non-hydrogen) atoms. The fourth-order valence-corrected chi connectivity index (χ4v) is 3.04. The van der Waals surface area contributed by atoms with Crippen LogP contribution in [0.4, 0.5) is 4.79 Å². The molecular formula is C15H20N2O2. The summed E-state index contributed by atoms with van der Waals surface area (Å²) in [4.78, 5) is 14.2. The third-order valence-corrected chi connectivity index (χ3v) is 4.17. The Labute approximate surface area is 113 Å². The molecule has 1 aromatic rings. The molecule has 0 saturated carbocycles. The molecule has 4 rings (SSSR count). The van der Waals surface area contributed by atoms with Gasteiger partial charge >= 0.3 is 6.09 Å². The Morgan fingerprint density at radius 3 is 2.63 bits per heavy atom. The molecule has 1 atom stereocenters. The number of alkyl carbamates (subject to hydrolysis) is 1. The summed E-state index contributed by atoms with van der Waals surface area (Å²) in [5.74, 6) is 0.634. The predicted octanol–water partition coefficient (Wildman–Crippen LogP) is 2.01. The summed E-state index contributed by atoms with van der Waals surface area (Å²) < 4.78 is 5.27. The van der Waals surface area contributed by atoms with Gasteiger partial charge in [-0.3, -0.25) is 0 Å². The second-order valence-corrected chi connectivity index (χ2v) is 5.45. The van der Waals surface area contributed by atoms with Gasteiger partial charge in [0.05, 0.1) is 0 Å². The van der Waals surface area contributed by atoms with Crippen LogP contribution in [-0.2, 0) is 11.3 Å². The van der Waals surface area contributed by atoms with Gasteiger partial charge in [0.25, 0.3) is 0 Å². The van der Waals surface area contributed by atoms with Crippen LogP contribution in [0.5, 0.6) is 0 Å². The van der Waals surface area contributed by atoms with Crippen molar-refractivity contribution in [3.8, 4) is 0 Å². The summed E-state index contributed by atoms with van der Waals surface area (Å²) in [6.07, 6.45) is 2.11. The first-order chi connectivity index (χ1) is 9.31. The first kappa shape index (κ1) is 12.5. The zero-order valence-electron chi connectivity index (χ0n) is 11.0. The van der Waals surface area contributed by atoms with Crippen molar-refractivity contribution in [1.29, 1.82) is 0 Å². The molecular weight excluding hydrogens is 240 g/mol. The SMILES string of the molecule is O=C(N[C@H]1CN2CCC1CC2)OCc1ccccc1. The van der Waals surface area contributed by atoms with Crippen molar-refractivity contribution < 1.29 is 9.53 Å². The Morgan fingerprint density at radius 1 is 1.26 bits per heavy atom. The maximum absolute atomic E-state index is 11.8. The average Bonchev–Trinajstić information content (AvgIpc) is 2.47. The number of hydrogen-bond acceptors (Lipinski definition) is 3. The highest BCUT2D eigenvalue weighted by molar-refractivity contribution is 5.67. The van der Waals surface area contributed by atoms with Crippen molar-refractivity contribution in [3.63, 3.8) is 0 Å². The van der Waals surface area contributed by atoms with Gasteiger partial charge in [-0.25, -0.2) is 4.79 Å². The van der Waals surface area contributed by atoms with Crippen molar-refractivity contribution >= 4 is 6.09 Å². The standard InChI is InChI=1S/C15H20N2O2/c18-15(19-11-12-4-2-1-3-5-12)16-14-10-17-8-6-13(14)7-9-17/h1-5,13-14H,6-11H2,(H,16,18)/t14-/m0/s1. The van der Waals surface area contributed by atoms with Gasteiger partial charge in [0.15, 0.2) is 0 Å². The van der Waals surface area contributed by atoms with Gasteiger partial charge in [-0.15, -0.1) is 0 Å². The molecule has 3 aliphatic rings. The minimum absolute atomic E-state index is 0.269. The summed E-state index contributed by atoms with van der Waals surface area (Å²) in [5.41, 5.74) is 1.02. The maximum atomic E-state index is 11.8. The Balaban J connectivity index is 1.46. The van der Waals surface area contributed by atoms with E-state index in [9.17, 15) is 4.79 Å². The van der Waals surface area contributed by atoms with E-state index in [1.807, 2.05) is 30.3 Å². The number of carbonyl (C=O) groups excluding carboxylic acids is 1. The Hall–Kier alpha value is -1.55. The molecule has 0 spiro atoms. The van der Waals surface area contributed by atoms with Gasteiger partial charge in [-0.2, -0.15) is 0 Å². The number of amides is 1. The van der Waals surface area contributed by atoms with E-state index >= 15 is 0 Å². The lowest BCUT2D eigenvalue weighted by Gasteiger charge is -2.44. The van der Waals surface area contributed by atoms with Gasteiger partial charge in [0, 0.05) is 12.6 Å². The van der Waals surface area contributed by atoms with Gasteiger partial charge in [0.2, 0.25) is 0 Å². The highest BCUT2D eigenvalue weighted by Gasteiger charge is 2.35. The van der Waals surface area contributed by atoms with Crippen LogP contribution in [0.25, 0.3) is 0 Å². The lowest BCUT2D eigenvalue weighted by molar-refractivity contribution is 0.0642. The normalized spacial score (nSPS) is 28.9. The number of nitrogens with zero attached hydrogens (tertiary/aromatic N) is 1. The van der Waals surface area contributed by atoms with Crippen LogP contribution in [0.15, 0.2) is 30.3 Å². The molecule has 3 heterocycles. The lowest BCUT2D eigenvalue weighted by atomic mass is 9.84. The van der Waals surface area contributed by atoms with Crippen molar-refractivity contribution in [2.24, 2.45) is 5.92 Å². The van der Waals surface area contributed by atoms with Crippen LogP contribution in [0.2, 0.25) is 0 Å². The van der Waals surface area contributed by atoms with E-state index in [-0.39, 0.29) is 12.1 Å². The number of piperidine rings is 3. The number of benzene rings is 1. The second kappa shape index (κ2) is 5.61. The Bertz CT molecular complexity index is 427. The summed E-state index contributed by atoms with van der Waals surface area (Å²) in [7, 11) is 0. The third kappa shape index (κ3) is 3.07. The molecule has 3 fully saturated rings. The smallest absolute Gasteiger partial charge is 0.407 e. The van der Waals surface area contributed by atoms with Crippen molar-refractivity contribution in [2.45, 2.75) is 25.5 Å². The molecule has 4 nitrogen and oxygen atoms in total. The molecule has 4 heteroatoms. The van der Waals surface area contributed by atoms with Crippen molar-refractivity contribution in [3.05, 3.63) is 35.9 Å². The molecule has 1 aromatic carbocycles. The second-order valence-electron chi connectivity index (χ2n) is 5.45. The number of nitrogens with one attached hydrogen (secondary N) is 1. The number of carbonyl (C=O) groups is 1. The van der Waals surface area contributed by atoms with Crippen LogP contribution in [0.3, 0.4) is 0 Å². The quantitative estimate of drug-likeness (QED) is 0.904. The molecule has 0 aliphatic carbocycles. The largest absolute Gasteiger partial charge is 0.445 e. The first-order valence-corrected chi connectivity index (χ1v) is 7.01. The number of rotatable bonds is 3. The number of hydrogen-bond donors (Lipinski definition) is 1. The molecule has 1 amide bonds. The summed E-state index contributed by atoms with van der Waals surface area (Å²) in [6, 6.07) is 10.0. The van der Waals surface area contributed by atoms with Crippen molar-refractivity contribution in [2.75, 3.05) is 19.6 Å². The fourth-order valence-electron chi connectivity index (χ4n) is 3.04. The van der Waals surface area contributed by atoms with Crippen LogP contribution in [-0.4, -0.2) is 36.7 Å². The molecule has 3 saturated heterocycles. The monoisotopic (exact) mass is 260 g/mol. The van der Waals surface area contributed by atoms with Crippen LogP contribution >= 0.6 is 0 Å². The van der Waals surface area contributed by atoms with Gasteiger partial charge in [0.1, 0.15) is 6.61 Å². The van der Waals surface area contributed by atoms with Gasteiger partial charge in [-0.05, 0) is 37.4 Å². The minimum Gasteiger partial charge on any atom is -0.445 e. The maximum Gasteiger partial charge on any atom is 0.407 e. The van der Waals surface area contributed by atoms with E-state index < -0.39 is 0 Å².